The monoisotopic (exact) mass is 184 g/mol. The summed E-state index contributed by atoms with van der Waals surface area (Å²) in [6.45, 7) is 3.50. The van der Waals surface area contributed by atoms with E-state index < -0.39 is 0 Å². The smallest absolute Gasteiger partial charge is 0.0655 e. The van der Waals surface area contributed by atoms with E-state index in [-0.39, 0.29) is 5.60 Å². The van der Waals surface area contributed by atoms with Crippen molar-refractivity contribution in [2.75, 3.05) is 13.2 Å². The molecule has 2 heterocycles. The van der Waals surface area contributed by atoms with Gasteiger partial charge in [0.25, 0.3) is 0 Å². The molecule has 2 nitrogen and oxygen atoms in total. The summed E-state index contributed by atoms with van der Waals surface area (Å²) in [4.78, 5) is 0. The Labute approximate surface area is 80.3 Å². The van der Waals surface area contributed by atoms with Crippen LogP contribution in [0.4, 0.5) is 0 Å². The molecule has 2 heteroatoms. The third-order valence-corrected chi connectivity index (χ3v) is 3.96. The topological polar surface area (TPSA) is 29.5 Å². The SMILES string of the molecule is CC12CCC(CCCO)(CC1)CO2. The lowest BCUT2D eigenvalue weighted by Crippen LogP contribution is -2.49. The van der Waals surface area contributed by atoms with Crippen LogP contribution in [0.3, 0.4) is 0 Å². The summed E-state index contributed by atoms with van der Waals surface area (Å²) in [5.41, 5.74) is 0.626. The summed E-state index contributed by atoms with van der Waals surface area (Å²) in [5.74, 6) is 0. The van der Waals surface area contributed by atoms with Crippen LogP contribution in [-0.4, -0.2) is 23.9 Å². The van der Waals surface area contributed by atoms with Crippen LogP contribution in [-0.2, 0) is 4.74 Å². The first-order valence-corrected chi connectivity index (χ1v) is 5.43. The van der Waals surface area contributed by atoms with Gasteiger partial charge in [-0.05, 0) is 50.9 Å². The molecule has 1 aliphatic carbocycles. The normalized spacial score (nSPS) is 43.8. The predicted octanol–water partition coefficient (Wildman–Crippen LogP) is 2.11. The fourth-order valence-corrected chi connectivity index (χ4v) is 2.70. The largest absolute Gasteiger partial charge is 0.396 e. The zero-order chi connectivity index (χ0) is 9.36. The molecule has 0 aromatic carbocycles. The fraction of sp³-hybridized carbons (Fsp3) is 1.00. The molecule has 2 bridgehead atoms. The molecular formula is C11H20O2. The average Bonchev–Trinajstić information content (AvgIpc) is 2.18. The lowest BCUT2D eigenvalue weighted by Gasteiger charge is -2.52. The summed E-state index contributed by atoms with van der Waals surface area (Å²) in [6, 6.07) is 0. The van der Waals surface area contributed by atoms with Crippen molar-refractivity contribution in [1.82, 2.24) is 0 Å². The highest BCUT2D eigenvalue weighted by Crippen LogP contribution is 2.50. The molecule has 1 saturated carbocycles. The maximum absolute atomic E-state index is 8.83. The number of ether oxygens (including phenoxy) is 1. The Kier molecular flexibility index (Phi) is 2.37. The van der Waals surface area contributed by atoms with Gasteiger partial charge in [-0.25, -0.2) is 0 Å². The second-order valence-corrected chi connectivity index (χ2v) is 5.07. The zero-order valence-electron chi connectivity index (χ0n) is 8.51. The lowest BCUT2D eigenvalue weighted by atomic mass is 9.65. The van der Waals surface area contributed by atoms with Gasteiger partial charge in [0.05, 0.1) is 12.2 Å². The molecule has 76 valence electrons. The summed E-state index contributed by atoms with van der Waals surface area (Å²) in [7, 11) is 0. The van der Waals surface area contributed by atoms with Crippen LogP contribution in [0.15, 0.2) is 0 Å². The highest BCUT2D eigenvalue weighted by molar-refractivity contribution is 4.96. The Balaban J connectivity index is 1.95. The molecular weight excluding hydrogens is 164 g/mol. The third-order valence-electron chi connectivity index (χ3n) is 3.96. The Bertz CT molecular complexity index is 158. The molecule has 0 aromatic rings. The van der Waals surface area contributed by atoms with E-state index in [1.54, 1.807) is 0 Å². The molecule has 2 aliphatic heterocycles. The van der Waals surface area contributed by atoms with Crippen molar-refractivity contribution in [3.8, 4) is 0 Å². The molecule has 2 saturated heterocycles. The second-order valence-electron chi connectivity index (χ2n) is 5.07. The molecule has 1 N–H and O–H groups in total. The van der Waals surface area contributed by atoms with E-state index in [9.17, 15) is 0 Å². The van der Waals surface area contributed by atoms with Crippen LogP contribution in [0.25, 0.3) is 0 Å². The van der Waals surface area contributed by atoms with Crippen molar-refractivity contribution in [1.29, 1.82) is 0 Å². The standard InChI is InChI=1S/C11H20O2/c1-10-4-6-11(7-5-10,9-13-10)3-2-8-12/h12H,2-9H2,1H3. The third kappa shape index (κ3) is 1.75. The number of hydrogen-bond acceptors (Lipinski definition) is 2. The maximum atomic E-state index is 8.83. The minimum atomic E-state index is 0.195. The van der Waals surface area contributed by atoms with E-state index in [4.69, 9.17) is 9.84 Å². The fourth-order valence-electron chi connectivity index (χ4n) is 2.70. The molecule has 0 aromatic heterocycles. The van der Waals surface area contributed by atoms with Gasteiger partial charge in [-0.3, -0.25) is 0 Å². The van der Waals surface area contributed by atoms with Crippen molar-refractivity contribution in [2.24, 2.45) is 5.41 Å². The van der Waals surface area contributed by atoms with E-state index in [2.05, 4.69) is 6.92 Å². The van der Waals surface area contributed by atoms with Gasteiger partial charge in [-0.15, -0.1) is 0 Å². The van der Waals surface area contributed by atoms with E-state index >= 15 is 0 Å². The Hall–Kier alpha value is -0.0800. The van der Waals surface area contributed by atoms with Gasteiger partial charge in [-0.2, -0.15) is 0 Å². The number of aliphatic hydroxyl groups excluding tert-OH is 1. The average molecular weight is 184 g/mol. The quantitative estimate of drug-likeness (QED) is 0.728. The first kappa shape index (κ1) is 9.47. The molecule has 3 aliphatic rings. The van der Waals surface area contributed by atoms with E-state index in [1.165, 1.54) is 25.7 Å². The number of hydrogen-bond donors (Lipinski definition) is 1. The number of rotatable bonds is 3. The van der Waals surface area contributed by atoms with Crippen LogP contribution in [0, 0.1) is 5.41 Å². The van der Waals surface area contributed by atoms with Crippen molar-refractivity contribution in [2.45, 2.75) is 51.0 Å². The molecule has 3 rings (SSSR count). The van der Waals surface area contributed by atoms with Crippen LogP contribution in [0.1, 0.15) is 45.4 Å². The van der Waals surface area contributed by atoms with Crippen LogP contribution in [0.5, 0.6) is 0 Å². The zero-order valence-corrected chi connectivity index (χ0v) is 8.51. The Morgan fingerprint density at radius 1 is 1.23 bits per heavy atom. The van der Waals surface area contributed by atoms with Crippen molar-refractivity contribution < 1.29 is 9.84 Å². The molecule has 3 fully saturated rings. The Morgan fingerprint density at radius 2 is 1.92 bits per heavy atom. The molecule has 0 spiro atoms. The molecule has 0 amide bonds. The summed E-state index contributed by atoms with van der Waals surface area (Å²) in [6.07, 6.45) is 7.16. The van der Waals surface area contributed by atoms with Crippen molar-refractivity contribution >= 4 is 0 Å². The van der Waals surface area contributed by atoms with Crippen LogP contribution >= 0.6 is 0 Å². The number of fused-ring (bicyclic) bond motifs is 3. The van der Waals surface area contributed by atoms with Crippen molar-refractivity contribution in [3.05, 3.63) is 0 Å². The van der Waals surface area contributed by atoms with Gasteiger partial charge >= 0.3 is 0 Å². The molecule has 0 unspecified atom stereocenters. The lowest BCUT2D eigenvalue weighted by molar-refractivity contribution is -0.176. The summed E-state index contributed by atoms with van der Waals surface area (Å²) >= 11 is 0. The minimum Gasteiger partial charge on any atom is -0.396 e. The molecule has 13 heavy (non-hydrogen) atoms. The van der Waals surface area contributed by atoms with Gasteiger partial charge in [0, 0.05) is 6.61 Å². The second kappa shape index (κ2) is 3.25. The van der Waals surface area contributed by atoms with Gasteiger partial charge in [0.1, 0.15) is 0 Å². The van der Waals surface area contributed by atoms with Gasteiger partial charge in [0.15, 0.2) is 0 Å². The maximum Gasteiger partial charge on any atom is 0.0655 e. The van der Waals surface area contributed by atoms with E-state index in [0.29, 0.717) is 12.0 Å². The Morgan fingerprint density at radius 3 is 2.38 bits per heavy atom. The first-order valence-electron chi connectivity index (χ1n) is 5.43. The summed E-state index contributed by atoms with van der Waals surface area (Å²) < 4.78 is 5.88. The van der Waals surface area contributed by atoms with Crippen molar-refractivity contribution in [3.63, 3.8) is 0 Å². The van der Waals surface area contributed by atoms with E-state index in [0.717, 1.165) is 19.4 Å². The van der Waals surface area contributed by atoms with E-state index in [1.807, 2.05) is 0 Å². The summed E-state index contributed by atoms with van der Waals surface area (Å²) in [5, 5.41) is 8.83. The highest BCUT2D eigenvalue weighted by atomic mass is 16.5. The predicted molar refractivity (Wildman–Crippen MR) is 51.6 cm³/mol. The molecule has 0 radical (unpaired) electrons. The van der Waals surface area contributed by atoms with Gasteiger partial charge in [0.2, 0.25) is 0 Å². The molecule has 0 atom stereocenters. The van der Waals surface area contributed by atoms with Gasteiger partial charge < -0.3 is 9.84 Å². The van der Waals surface area contributed by atoms with Crippen LogP contribution in [0.2, 0.25) is 0 Å². The number of aliphatic hydroxyl groups is 1. The minimum absolute atomic E-state index is 0.195. The highest BCUT2D eigenvalue weighted by Gasteiger charge is 2.46. The van der Waals surface area contributed by atoms with Gasteiger partial charge in [-0.1, -0.05) is 0 Å². The first-order chi connectivity index (χ1) is 6.18. The van der Waals surface area contributed by atoms with Crippen LogP contribution < -0.4 is 0 Å².